The molecule has 0 spiro atoms. The van der Waals surface area contributed by atoms with Crippen molar-refractivity contribution in [2.24, 2.45) is 0 Å². The Morgan fingerprint density at radius 1 is 1.28 bits per heavy atom. The summed E-state index contributed by atoms with van der Waals surface area (Å²) in [6, 6.07) is 9.36. The van der Waals surface area contributed by atoms with Crippen LogP contribution in [-0.2, 0) is 22.9 Å². The van der Waals surface area contributed by atoms with Gasteiger partial charge in [0.1, 0.15) is 0 Å². The number of thiophene rings is 1. The molecule has 0 aliphatic carbocycles. The van der Waals surface area contributed by atoms with E-state index in [1.165, 1.54) is 15.4 Å². The van der Waals surface area contributed by atoms with Crippen LogP contribution in [0, 0.1) is 6.92 Å². The summed E-state index contributed by atoms with van der Waals surface area (Å²) in [5.74, 6) is -0.141. The molecule has 0 atom stereocenters. The first-order chi connectivity index (χ1) is 13.8. The summed E-state index contributed by atoms with van der Waals surface area (Å²) in [4.78, 5) is 19.3. The van der Waals surface area contributed by atoms with Crippen molar-refractivity contribution in [2.75, 3.05) is 23.7 Å². The Bertz CT molecular complexity index is 1160. The molecule has 1 amide bonds. The quantitative estimate of drug-likeness (QED) is 0.627. The Morgan fingerprint density at radius 2 is 2.10 bits per heavy atom. The normalized spacial score (nSPS) is 13.5. The number of nitrogens with one attached hydrogen (secondary N) is 1. The average Bonchev–Trinajstić information content (AvgIpc) is 3.39. The van der Waals surface area contributed by atoms with Crippen molar-refractivity contribution in [2.45, 2.75) is 19.8 Å². The van der Waals surface area contributed by atoms with Gasteiger partial charge in [-0.1, -0.05) is 0 Å². The molecule has 0 radical (unpaired) electrons. The number of sulfonamides is 1. The number of aryl methyl sites for hydroxylation is 1. The molecule has 6 nitrogen and oxygen atoms in total. The number of thiazole rings is 1. The highest BCUT2D eigenvalue weighted by Gasteiger charge is 2.26. The van der Waals surface area contributed by atoms with Gasteiger partial charge in [0.25, 0.3) is 5.91 Å². The fourth-order valence-electron chi connectivity index (χ4n) is 3.39. The molecule has 3 heterocycles. The lowest BCUT2D eigenvalue weighted by Crippen LogP contribution is -2.27. The van der Waals surface area contributed by atoms with Crippen molar-refractivity contribution < 1.29 is 13.2 Å². The average molecular weight is 448 g/mol. The molecule has 1 N–H and O–H groups in total. The molecule has 152 valence electrons. The minimum atomic E-state index is -3.28. The first-order valence-corrected chi connectivity index (χ1v) is 12.8. The smallest absolute Gasteiger partial charge is 0.251 e. The van der Waals surface area contributed by atoms with Crippen LogP contribution in [0.4, 0.5) is 5.69 Å². The molecule has 29 heavy (non-hydrogen) atoms. The highest BCUT2D eigenvalue weighted by molar-refractivity contribution is 7.92. The van der Waals surface area contributed by atoms with Crippen LogP contribution < -0.4 is 9.62 Å². The van der Waals surface area contributed by atoms with Crippen LogP contribution in [0.1, 0.15) is 25.8 Å². The molecule has 0 saturated carbocycles. The summed E-state index contributed by atoms with van der Waals surface area (Å²) >= 11 is 3.34. The summed E-state index contributed by atoms with van der Waals surface area (Å²) in [6.07, 6.45) is 2.58. The van der Waals surface area contributed by atoms with E-state index in [-0.39, 0.29) is 5.91 Å². The molecule has 1 aliphatic rings. The number of hydrogen-bond donors (Lipinski definition) is 1. The molecule has 1 aromatic carbocycles. The lowest BCUT2D eigenvalue weighted by molar-refractivity contribution is 0.0954. The van der Waals surface area contributed by atoms with Gasteiger partial charge in [-0.3, -0.25) is 9.10 Å². The molecule has 3 aromatic rings. The number of benzene rings is 1. The summed E-state index contributed by atoms with van der Waals surface area (Å²) in [6.45, 7) is 2.97. The maximum Gasteiger partial charge on any atom is 0.251 e. The Labute approximate surface area is 178 Å². The fourth-order valence-corrected chi connectivity index (χ4v) is 6.00. The Morgan fingerprint density at radius 3 is 2.83 bits per heavy atom. The van der Waals surface area contributed by atoms with Gasteiger partial charge in [0.15, 0.2) is 0 Å². The Balaban J connectivity index is 1.36. The minimum Gasteiger partial charge on any atom is -0.352 e. The lowest BCUT2D eigenvalue weighted by Gasteiger charge is -2.16. The van der Waals surface area contributed by atoms with E-state index in [0.29, 0.717) is 30.8 Å². The van der Waals surface area contributed by atoms with E-state index in [2.05, 4.69) is 27.8 Å². The molecule has 0 unspecified atom stereocenters. The van der Waals surface area contributed by atoms with Crippen LogP contribution in [0.2, 0.25) is 0 Å². The number of aromatic nitrogens is 1. The monoisotopic (exact) mass is 447 g/mol. The van der Waals surface area contributed by atoms with E-state index in [1.54, 1.807) is 40.9 Å². The van der Waals surface area contributed by atoms with Crippen LogP contribution in [0.25, 0.3) is 10.6 Å². The highest BCUT2D eigenvalue weighted by Crippen LogP contribution is 2.31. The van der Waals surface area contributed by atoms with Crippen molar-refractivity contribution in [3.05, 3.63) is 56.7 Å². The van der Waals surface area contributed by atoms with Gasteiger partial charge in [0, 0.05) is 28.9 Å². The number of rotatable bonds is 6. The van der Waals surface area contributed by atoms with E-state index in [4.69, 9.17) is 0 Å². The maximum absolute atomic E-state index is 12.5. The van der Waals surface area contributed by atoms with Crippen LogP contribution in [0.3, 0.4) is 0 Å². The number of carbonyl (C=O) groups is 1. The van der Waals surface area contributed by atoms with Gasteiger partial charge in [-0.2, -0.15) is 0 Å². The summed E-state index contributed by atoms with van der Waals surface area (Å²) < 4.78 is 25.0. The van der Waals surface area contributed by atoms with Crippen LogP contribution in [0.15, 0.2) is 35.7 Å². The van der Waals surface area contributed by atoms with Gasteiger partial charge in [0.2, 0.25) is 10.0 Å². The van der Waals surface area contributed by atoms with Crippen LogP contribution in [-0.4, -0.2) is 38.7 Å². The third-order valence-electron chi connectivity index (χ3n) is 4.79. The Kier molecular flexibility index (Phi) is 5.46. The van der Waals surface area contributed by atoms with Gasteiger partial charge in [-0.05, 0) is 55.7 Å². The van der Waals surface area contributed by atoms with E-state index in [0.717, 1.165) is 27.6 Å². The second-order valence-corrected chi connectivity index (χ2v) is 11.1. The molecule has 4 rings (SSSR count). The fraction of sp³-hybridized carbons (Fsp3) is 0.300. The molecule has 9 heteroatoms. The summed E-state index contributed by atoms with van der Waals surface area (Å²) in [5, 5.41) is 6.07. The first-order valence-electron chi connectivity index (χ1n) is 9.21. The third-order valence-corrected chi connectivity index (χ3v) is 7.91. The van der Waals surface area contributed by atoms with E-state index in [1.807, 2.05) is 6.92 Å². The van der Waals surface area contributed by atoms with Gasteiger partial charge < -0.3 is 5.32 Å². The summed E-state index contributed by atoms with van der Waals surface area (Å²) in [7, 11) is -3.28. The van der Waals surface area contributed by atoms with Crippen LogP contribution in [0.5, 0.6) is 0 Å². The molecule has 0 saturated heterocycles. The molecule has 0 fully saturated rings. The van der Waals surface area contributed by atoms with Gasteiger partial charge in [0.05, 0.1) is 27.5 Å². The van der Waals surface area contributed by atoms with E-state index < -0.39 is 10.0 Å². The molecular formula is C20H21N3O3S3. The minimum absolute atomic E-state index is 0.141. The molecular weight excluding hydrogens is 426 g/mol. The number of anilines is 1. The number of fused-ring (bicyclic) bond motifs is 1. The second-order valence-electron chi connectivity index (χ2n) is 6.95. The van der Waals surface area contributed by atoms with Crippen LogP contribution >= 0.6 is 22.7 Å². The van der Waals surface area contributed by atoms with Crippen molar-refractivity contribution in [3.63, 3.8) is 0 Å². The van der Waals surface area contributed by atoms with Crippen molar-refractivity contribution in [3.8, 4) is 10.6 Å². The zero-order chi connectivity index (χ0) is 20.6. The summed E-state index contributed by atoms with van der Waals surface area (Å²) in [5.41, 5.74) is 3.13. The zero-order valence-electron chi connectivity index (χ0n) is 16.1. The first kappa shape index (κ1) is 20.1. The predicted octanol–water partition coefficient (Wildman–Crippen LogP) is 3.47. The third kappa shape index (κ3) is 4.36. The molecule has 0 bridgehead atoms. The van der Waals surface area contributed by atoms with Crippen molar-refractivity contribution in [1.82, 2.24) is 10.3 Å². The van der Waals surface area contributed by atoms with Crippen molar-refractivity contribution >= 4 is 44.3 Å². The van der Waals surface area contributed by atoms with Gasteiger partial charge in [-0.25, -0.2) is 13.4 Å². The van der Waals surface area contributed by atoms with Crippen molar-refractivity contribution in [1.29, 1.82) is 0 Å². The van der Waals surface area contributed by atoms with Gasteiger partial charge >= 0.3 is 0 Å². The largest absolute Gasteiger partial charge is 0.352 e. The Hall–Kier alpha value is -2.23. The topological polar surface area (TPSA) is 79.4 Å². The SMILES string of the molecule is Cc1nc(-c2ccc(CCNC(=O)c3ccc4c(c3)CCN4S(C)(=O)=O)s2)cs1. The number of nitrogens with zero attached hydrogens (tertiary/aromatic N) is 2. The number of amides is 1. The lowest BCUT2D eigenvalue weighted by atomic mass is 10.1. The predicted molar refractivity (Wildman–Crippen MR) is 119 cm³/mol. The standard InChI is InChI=1S/C20H21N3O3S3/c1-13-22-17(12-27-13)19-6-4-16(28-19)7-9-21-20(24)15-3-5-18-14(11-15)8-10-23(18)29(2,25)26/h3-6,11-12H,7-10H2,1-2H3,(H,21,24). The van der Waals surface area contributed by atoms with E-state index >= 15 is 0 Å². The molecule has 1 aliphatic heterocycles. The number of hydrogen-bond acceptors (Lipinski definition) is 6. The number of carbonyl (C=O) groups excluding carboxylic acids is 1. The highest BCUT2D eigenvalue weighted by atomic mass is 32.2. The maximum atomic E-state index is 12.5. The zero-order valence-corrected chi connectivity index (χ0v) is 18.6. The molecule has 2 aromatic heterocycles. The van der Waals surface area contributed by atoms with E-state index in [9.17, 15) is 13.2 Å². The second kappa shape index (κ2) is 7.89. The van der Waals surface area contributed by atoms with Gasteiger partial charge in [-0.15, -0.1) is 22.7 Å².